The lowest BCUT2D eigenvalue weighted by Crippen LogP contribution is -2.53. The number of imide groups is 1. The number of fused-ring (bicyclic) bond motifs is 4. The molecule has 3 aliphatic rings. The zero-order chi connectivity index (χ0) is 34.1. The van der Waals surface area contributed by atoms with Gasteiger partial charge in [-0.2, -0.15) is 5.01 Å². The number of carbonyl (C=O) groups excluding carboxylic acids is 2. The largest absolute Gasteiger partial charge is 0.504 e. The second-order valence-corrected chi connectivity index (χ2v) is 12.8. The molecule has 3 aromatic carbocycles. The van der Waals surface area contributed by atoms with Crippen LogP contribution in [0.5, 0.6) is 17.2 Å². The molecule has 4 atom stereocenters. The van der Waals surface area contributed by atoms with Gasteiger partial charge >= 0.3 is 11.4 Å². The number of phenolic OH excluding ortho intramolecular Hbond substituents is 1. The SMILES string of the molecule is CCOc1cc(C2C3=CCn4c(=O)n(C)c(=O)n4C3CC3C(=O)N(Nc4ccc(Cl)cc4Cl)C(=O)C32c2ccc(OC)cc2)ccc1O. The highest BCUT2D eigenvalue weighted by atomic mass is 35.5. The molecule has 248 valence electrons. The van der Waals surface area contributed by atoms with Crippen LogP contribution in [0.4, 0.5) is 5.69 Å². The number of hydrogen-bond acceptors (Lipinski definition) is 8. The van der Waals surface area contributed by atoms with E-state index in [1.807, 2.05) is 6.08 Å². The molecule has 0 radical (unpaired) electrons. The molecular weight excluding hydrogens is 661 g/mol. The molecule has 2 aliphatic heterocycles. The lowest BCUT2D eigenvalue weighted by molar-refractivity contribution is -0.138. The summed E-state index contributed by atoms with van der Waals surface area (Å²) in [6.45, 7) is 2.12. The average molecular weight is 693 g/mol. The molecule has 12 nitrogen and oxygen atoms in total. The van der Waals surface area contributed by atoms with Crippen molar-refractivity contribution in [1.82, 2.24) is 18.9 Å². The molecule has 48 heavy (non-hydrogen) atoms. The van der Waals surface area contributed by atoms with Crippen LogP contribution in [0.25, 0.3) is 0 Å². The summed E-state index contributed by atoms with van der Waals surface area (Å²) in [4.78, 5) is 56.5. The summed E-state index contributed by atoms with van der Waals surface area (Å²) >= 11 is 12.6. The average Bonchev–Trinajstić information content (AvgIpc) is 3.43. The van der Waals surface area contributed by atoms with Crippen LogP contribution in [0.2, 0.25) is 10.0 Å². The first-order valence-electron chi connectivity index (χ1n) is 15.3. The fraction of sp³-hybridized carbons (Fsp3) is 0.294. The van der Waals surface area contributed by atoms with E-state index >= 15 is 4.79 Å². The first-order valence-corrected chi connectivity index (χ1v) is 16.1. The Morgan fingerprint density at radius 2 is 1.75 bits per heavy atom. The third-order valence-electron chi connectivity index (χ3n) is 9.65. The first-order chi connectivity index (χ1) is 23.0. The van der Waals surface area contributed by atoms with E-state index in [4.69, 9.17) is 32.7 Å². The van der Waals surface area contributed by atoms with Crippen molar-refractivity contribution in [2.45, 2.75) is 37.3 Å². The third-order valence-corrected chi connectivity index (χ3v) is 10.2. The number of methoxy groups -OCH3 is 1. The number of amides is 2. The van der Waals surface area contributed by atoms with E-state index in [-0.39, 0.29) is 41.8 Å². The van der Waals surface area contributed by atoms with E-state index in [9.17, 15) is 19.5 Å². The van der Waals surface area contributed by atoms with Gasteiger partial charge < -0.3 is 14.6 Å². The fourth-order valence-electron chi connectivity index (χ4n) is 7.57. The number of hydrogen-bond donors (Lipinski definition) is 2. The Balaban J connectivity index is 1.51. The second-order valence-electron chi connectivity index (χ2n) is 12.0. The standard InChI is InChI=1S/C34H31Cl2N5O7/c1-4-48-28-15-18(5-12-27(28)42)29-22-13-14-39-32(45)38(2)33(46)41(39)26(22)17-23-30(43)40(37-25-11-8-20(35)16-24(25)36)31(44)34(23,29)19-6-9-21(47-3)10-7-19/h5-13,15-16,23,26,29,37,42H,4,14,17H2,1-3H3. The van der Waals surface area contributed by atoms with Crippen molar-refractivity contribution in [3.63, 3.8) is 0 Å². The Bertz CT molecular complexity index is 2140. The number of halogens is 2. The molecule has 1 aliphatic carbocycles. The summed E-state index contributed by atoms with van der Waals surface area (Å²) in [5.41, 5.74) is 2.45. The van der Waals surface area contributed by atoms with Crippen LogP contribution in [0.3, 0.4) is 0 Å². The van der Waals surface area contributed by atoms with Gasteiger partial charge in [-0.05, 0) is 72.5 Å². The number of anilines is 1. The number of allylic oxidation sites excluding steroid dienone is 2. The van der Waals surface area contributed by atoms with Gasteiger partial charge in [-0.1, -0.05) is 47.5 Å². The van der Waals surface area contributed by atoms with Crippen molar-refractivity contribution < 1.29 is 24.2 Å². The van der Waals surface area contributed by atoms with Gasteiger partial charge in [0, 0.05) is 18.0 Å². The molecule has 1 saturated carbocycles. The van der Waals surface area contributed by atoms with Crippen LogP contribution < -0.4 is 26.3 Å². The molecule has 3 heterocycles. The van der Waals surface area contributed by atoms with E-state index < -0.39 is 46.5 Å². The number of phenols is 1. The maximum Gasteiger partial charge on any atom is 0.347 e. The number of hydrazine groups is 1. The summed E-state index contributed by atoms with van der Waals surface area (Å²) in [6, 6.07) is 15.7. The minimum Gasteiger partial charge on any atom is -0.504 e. The maximum absolute atomic E-state index is 15.2. The number of nitrogens with zero attached hydrogens (tertiary/aromatic N) is 4. The Hall–Kier alpha value is -4.94. The minimum atomic E-state index is -1.56. The molecule has 0 spiro atoms. The number of aromatic hydroxyl groups is 1. The van der Waals surface area contributed by atoms with E-state index in [1.165, 1.54) is 35.7 Å². The smallest absolute Gasteiger partial charge is 0.347 e. The number of aromatic nitrogens is 3. The van der Waals surface area contributed by atoms with Gasteiger partial charge in [0.2, 0.25) is 0 Å². The third kappa shape index (κ3) is 4.50. The molecule has 4 aromatic rings. The topological polar surface area (TPSA) is 137 Å². The highest BCUT2D eigenvalue weighted by molar-refractivity contribution is 6.36. The van der Waals surface area contributed by atoms with Crippen molar-refractivity contribution in [2.75, 3.05) is 19.1 Å². The Labute approximate surface area is 284 Å². The van der Waals surface area contributed by atoms with Gasteiger partial charge in [-0.15, -0.1) is 0 Å². The molecule has 1 saturated heterocycles. The van der Waals surface area contributed by atoms with Crippen molar-refractivity contribution >= 4 is 40.7 Å². The first kappa shape index (κ1) is 31.6. The molecule has 1 aromatic heterocycles. The van der Waals surface area contributed by atoms with Gasteiger partial charge in [-0.3, -0.25) is 15.0 Å². The van der Waals surface area contributed by atoms with E-state index in [0.717, 1.165) is 9.58 Å². The second kappa shape index (κ2) is 11.6. The number of nitrogens with one attached hydrogen (secondary N) is 1. The molecule has 4 unspecified atom stereocenters. The van der Waals surface area contributed by atoms with E-state index in [0.29, 0.717) is 27.5 Å². The molecule has 2 amide bonds. The molecular formula is C34H31Cl2N5O7. The Morgan fingerprint density at radius 1 is 1.00 bits per heavy atom. The molecule has 2 fully saturated rings. The molecule has 14 heteroatoms. The van der Waals surface area contributed by atoms with Crippen LogP contribution >= 0.6 is 23.2 Å². The Morgan fingerprint density at radius 3 is 2.44 bits per heavy atom. The molecule has 2 N–H and O–H groups in total. The number of rotatable bonds is 7. The van der Waals surface area contributed by atoms with Crippen LogP contribution in [0.15, 0.2) is 81.9 Å². The lowest BCUT2D eigenvalue weighted by Gasteiger charge is -2.49. The monoisotopic (exact) mass is 691 g/mol. The predicted octanol–water partition coefficient (Wildman–Crippen LogP) is 4.39. The van der Waals surface area contributed by atoms with Crippen LogP contribution in [0, 0.1) is 5.92 Å². The van der Waals surface area contributed by atoms with Crippen molar-refractivity contribution in [2.24, 2.45) is 13.0 Å². The highest BCUT2D eigenvalue weighted by Crippen LogP contribution is 2.62. The summed E-state index contributed by atoms with van der Waals surface area (Å²) < 4.78 is 15.0. The summed E-state index contributed by atoms with van der Waals surface area (Å²) in [5, 5.41) is 12.2. The highest BCUT2D eigenvalue weighted by Gasteiger charge is 2.68. The van der Waals surface area contributed by atoms with Crippen LogP contribution in [0.1, 0.15) is 36.4 Å². The number of benzene rings is 3. The van der Waals surface area contributed by atoms with Gasteiger partial charge in [-0.25, -0.2) is 23.5 Å². The van der Waals surface area contributed by atoms with Gasteiger partial charge in [0.15, 0.2) is 11.5 Å². The summed E-state index contributed by atoms with van der Waals surface area (Å²) in [5.74, 6) is -2.31. The number of carbonyl (C=O) groups is 2. The zero-order valence-electron chi connectivity index (χ0n) is 26.1. The van der Waals surface area contributed by atoms with E-state index in [1.54, 1.807) is 55.5 Å². The van der Waals surface area contributed by atoms with Crippen molar-refractivity contribution in [3.8, 4) is 17.2 Å². The minimum absolute atomic E-state index is 0.0330. The van der Waals surface area contributed by atoms with Gasteiger partial charge in [0.25, 0.3) is 11.8 Å². The molecule has 7 rings (SSSR count). The molecule has 0 bridgehead atoms. The fourth-order valence-corrected chi connectivity index (χ4v) is 8.02. The van der Waals surface area contributed by atoms with Crippen molar-refractivity contribution in [3.05, 3.63) is 114 Å². The summed E-state index contributed by atoms with van der Waals surface area (Å²) in [6.07, 6.45) is 1.89. The van der Waals surface area contributed by atoms with Gasteiger partial charge in [0.05, 0.1) is 48.3 Å². The summed E-state index contributed by atoms with van der Waals surface area (Å²) in [7, 11) is 2.94. The predicted molar refractivity (Wildman–Crippen MR) is 178 cm³/mol. The van der Waals surface area contributed by atoms with Gasteiger partial charge in [0.1, 0.15) is 5.75 Å². The van der Waals surface area contributed by atoms with Crippen LogP contribution in [-0.2, 0) is 28.6 Å². The lowest BCUT2D eigenvalue weighted by atomic mass is 9.53. The van der Waals surface area contributed by atoms with Crippen LogP contribution in [-0.4, -0.2) is 49.6 Å². The normalized spacial score (nSPS) is 22.9. The number of ether oxygens (including phenoxy) is 2. The maximum atomic E-state index is 15.2. The van der Waals surface area contributed by atoms with Crippen molar-refractivity contribution in [1.29, 1.82) is 0 Å². The Kier molecular flexibility index (Phi) is 7.67. The van der Waals surface area contributed by atoms with E-state index in [2.05, 4.69) is 5.43 Å². The zero-order valence-corrected chi connectivity index (χ0v) is 27.7. The quantitative estimate of drug-likeness (QED) is 0.215.